The Morgan fingerprint density at radius 2 is 0.918 bits per heavy atom. The minimum atomic E-state index is -4.61. The van der Waals surface area contributed by atoms with Crippen molar-refractivity contribution in [3.63, 3.8) is 0 Å². The maximum Gasteiger partial charge on any atom is 0.306 e. The zero-order valence-corrected chi connectivity index (χ0v) is 33.6. The molecule has 0 aromatic rings. The smallest absolute Gasteiger partial charge is 0.306 e. The number of carbonyl (C=O) groups is 2. The van der Waals surface area contributed by atoms with Gasteiger partial charge in [-0.1, -0.05) is 162 Å². The van der Waals surface area contributed by atoms with Gasteiger partial charge in [0, 0.05) is 12.8 Å². The van der Waals surface area contributed by atoms with Gasteiger partial charge < -0.3 is 27.9 Å². The number of carbonyl (C=O) groups excluding carboxylic acids is 2. The first-order valence-corrected chi connectivity index (χ1v) is 21.7. The number of esters is 2. The van der Waals surface area contributed by atoms with Gasteiger partial charge in [0.05, 0.1) is 27.7 Å². The lowest BCUT2D eigenvalue weighted by molar-refractivity contribution is -0.870. The molecule has 0 saturated carbocycles. The molecule has 0 fully saturated rings. The molecule has 0 aromatic heterocycles. The Morgan fingerprint density at radius 1 is 0.551 bits per heavy atom. The molecule has 292 valence electrons. The molecule has 0 N–H and O–H groups in total. The van der Waals surface area contributed by atoms with E-state index in [0.717, 1.165) is 32.1 Å². The highest BCUT2D eigenvalue weighted by Crippen LogP contribution is 2.38. The summed E-state index contributed by atoms with van der Waals surface area (Å²) >= 11 is 0. The van der Waals surface area contributed by atoms with Crippen LogP contribution < -0.4 is 4.89 Å². The van der Waals surface area contributed by atoms with Crippen molar-refractivity contribution in [3.05, 3.63) is 0 Å². The van der Waals surface area contributed by atoms with E-state index >= 15 is 0 Å². The number of likely N-dealkylation sites (N-methyl/N-ethyl adjacent to an activating group) is 1. The van der Waals surface area contributed by atoms with Crippen molar-refractivity contribution in [2.75, 3.05) is 47.5 Å². The second-order valence-electron chi connectivity index (χ2n) is 15.0. The maximum atomic E-state index is 12.6. The van der Waals surface area contributed by atoms with Crippen LogP contribution in [0.1, 0.15) is 187 Å². The van der Waals surface area contributed by atoms with Crippen molar-refractivity contribution in [1.82, 2.24) is 0 Å². The average molecular weight is 720 g/mol. The minimum Gasteiger partial charge on any atom is -0.756 e. The molecule has 0 amide bonds. The van der Waals surface area contributed by atoms with Gasteiger partial charge in [-0.25, -0.2) is 0 Å². The van der Waals surface area contributed by atoms with Crippen LogP contribution in [0.25, 0.3) is 0 Å². The molecule has 0 aliphatic heterocycles. The SMILES string of the molecule is CCCCCCCCCCCCCCCCC(=O)OC(COC(=O)CCCCCCCCCCCCC)COP(=O)([O-])OCC[N+](C)(C)C. The fraction of sp³-hybridized carbons (Fsp3) is 0.949. The summed E-state index contributed by atoms with van der Waals surface area (Å²) in [5.41, 5.74) is 0. The van der Waals surface area contributed by atoms with Gasteiger partial charge in [-0.3, -0.25) is 14.2 Å². The van der Waals surface area contributed by atoms with E-state index in [9.17, 15) is 19.0 Å². The number of phosphoric acid groups is 1. The van der Waals surface area contributed by atoms with Gasteiger partial charge in [-0.2, -0.15) is 0 Å². The van der Waals surface area contributed by atoms with Crippen LogP contribution in [0.5, 0.6) is 0 Å². The number of unbranched alkanes of at least 4 members (excludes halogenated alkanes) is 23. The van der Waals surface area contributed by atoms with Gasteiger partial charge >= 0.3 is 11.9 Å². The van der Waals surface area contributed by atoms with E-state index in [-0.39, 0.29) is 32.0 Å². The zero-order valence-electron chi connectivity index (χ0n) is 32.7. The standard InChI is InChI=1S/C39H78NO8P/c1-6-8-10-12-14-16-18-19-20-22-24-26-28-30-32-39(42)48-37(36-47-49(43,44)46-34-33-40(3,4)5)35-45-38(41)31-29-27-25-23-21-17-15-13-11-9-7-2/h37H,6-36H2,1-5H3. The van der Waals surface area contributed by atoms with Crippen LogP contribution >= 0.6 is 7.82 Å². The van der Waals surface area contributed by atoms with Gasteiger partial charge in [-0.15, -0.1) is 0 Å². The molecule has 9 nitrogen and oxygen atoms in total. The topological polar surface area (TPSA) is 111 Å². The second kappa shape index (κ2) is 32.9. The van der Waals surface area contributed by atoms with Crippen molar-refractivity contribution in [1.29, 1.82) is 0 Å². The van der Waals surface area contributed by atoms with Gasteiger partial charge in [0.25, 0.3) is 7.82 Å². The summed E-state index contributed by atoms with van der Waals surface area (Å²) in [5.74, 6) is -0.825. The first-order chi connectivity index (χ1) is 23.5. The molecule has 0 aliphatic carbocycles. The quantitative estimate of drug-likeness (QED) is 0.0270. The Bertz CT molecular complexity index is 819. The van der Waals surface area contributed by atoms with Crippen LogP contribution in [0.2, 0.25) is 0 Å². The molecule has 2 unspecified atom stereocenters. The summed E-state index contributed by atoms with van der Waals surface area (Å²) in [6.45, 7) is 4.23. The third kappa shape index (κ3) is 36.6. The minimum absolute atomic E-state index is 0.0260. The van der Waals surface area contributed by atoms with Gasteiger partial charge in [0.15, 0.2) is 6.10 Å². The Balaban J connectivity index is 4.38. The van der Waals surface area contributed by atoms with Gasteiger partial charge in [0.1, 0.15) is 19.8 Å². The molecular formula is C39H78NO8P. The lowest BCUT2D eigenvalue weighted by atomic mass is 10.0. The summed E-state index contributed by atoms with van der Waals surface area (Å²) in [6, 6.07) is 0. The largest absolute Gasteiger partial charge is 0.756 e. The third-order valence-corrected chi connectivity index (χ3v) is 9.84. The van der Waals surface area contributed by atoms with Gasteiger partial charge in [-0.05, 0) is 12.8 Å². The fourth-order valence-corrected chi connectivity index (χ4v) is 6.38. The molecule has 0 saturated heterocycles. The van der Waals surface area contributed by atoms with Crippen molar-refractivity contribution in [2.24, 2.45) is 0 Å². The second-order valence-corrected chi connectivity index (χ2v) is 16.4. The van der Waals surface area contributed by atoms with E-state index in [4.69, 9.17) is 18.5 Å². The monoisotopic (exact) mass is 720 g/mol. The Labute approximate surface area is 302 Å². The Hall–Kier alpha value is -0.990. The van der Waals surface area contributed by atoms with E-state index in [2.05, 4.69) is 13.8 Å². The number of hydrogen-bond acceptors (Lipinski definition) is 8. The summed E-state index contributed by atoms with van der Waals surface area (Å²) < 4.78 is 33.8. The molecule has 0 rings (SSSR count). The van der Waals surface area contributed by atoms with E-state index in [1.807, 2.05) is 21.1 Å². The van der Waals surface area contributed by atoms with Crippen molar-refractivity contribution in [2.45, 2.75) is 193 Å². The molecule has 0 spiro atoms. The number of rotatable bonds is 37. The predicted molar refractivity (Wildman–Crippen MR) is 199 cm³/mol. The molecule has 49 heavy (non-hydrogen) atoms. The van der Waals surface area contributed by atoms with Crippen molar-refractivity contribution in [3.8, 4) is 0 Å². The van der Waals surface area contributed by atoms with Crippen LogP contribution in [-0.2, 0) is 32.7 Å². The third-order valence-electron chi connectivity index (χ3n) is 8.88. The molecule has 0 bridgehead atoms. The Kier molecular flexibility index (Phi) is 32.2. The van der Waals surface area contributed by atoms with Crippen LogP contribution in [-0.4, -0.2) is 70.0 Å². The van der Waals surface area contributed by atoms with Crippen molar-refractivity contribution < 1.29 is 42.1 Å². The molecule has 10 heteroatoms. The molecule has 0 aromatic carbocycles. The lowest BCUT2D eigenvalue weighted by Crippen LogP contribution is -2.37. The summed E-state index contributed by atoms with van der Waals surface area (Å²) in [7, 11) is 1.18. The number of ether oxygens (including phenoxy) is 2. The van der Waals surface area contributed by atoms with E-state index in [0.29, 0.717) is 17.4 Å². The maximum absolute atomic E-state index is 12.6. The van der Waals surface area contributed by atoms with Crippen LogP contribution in [0.15, 0.2) is 0 Å². The van der Waals surface area contributed by atoms with E-state index in [1.54, 1.807) is 0 Å². The summed E-state index contributed by atoms with van der Waals surface area (Å²) in [4.78, 5) is 37.3. The van der Waals surface area contributed by atoms with Crippen LogP contribution in [0, 0.1) is 0 Å². The zero-order chi connectivity index (χ0) is 36.5. The number of phosphoric ester groups is 1. The normalized spacial score (nSPS) is 13.7. The Morgan fingerprint density at radius 3 is 1.31 bits per heavy atom. The van der Waals surface area contributed by atoms with E-state index < -0.39 is 26.5 Å². The highest BCUT2D eigenvalue weighted by atomic mass is 31.2. The highest BCUT2D eigenvalue weighted by Gasteiger charge is 2.21. The predicted octanol–water partition coefficient (Wildman–Crippen LogP) is 10.2. The lowest BCUT2D eigenvalue weighted by Gasteiger charge is -2.28. The molecule has 0 heterocycles. The van der Waals surface area contributed by atoms with Crippen LogP contribution in [0.4, 0.5) is 0 Å². The first-order valence-electron chi connectivity index (χ1n) is 20.2. The molecular weight excluding hydrogens is 641 g/mol. The summed E-state index contributed by atoms with van der Waals surface area (Å²) in [6.07, 6.45) is 29.8. The van der Waals surface area contributed by atoms with E-state index in [1.165, 1.54) is 122 Å². The van der Waals surface area contributed by atoms with Crippen molar-refractivity contribution >= 4 is 19.8 Å². The number of hydrogen-bond donors (Lipinski definition) is 0. The highest BCUT2D eigenvalue weighted by molar-refractivity contribution is 7.45. The number of quaternary nitrogens is 1. The van der Waals surface area contributed by atoms with Crippen LogP contribution in [0.3, 0.4) is 0 Å². The molecule has 0 aliphatic rings. The number of nitrogens with zero attached hydrogens (tertiary/aromatic N) is 1. The first kappa shape index (κ1) is 48.0. The van der Waals surface area contributed by atoms with Gasteiger partial charge in [0.2, 0.25) is 0 Å². The average Bonchev–Trinajstić information content (AvgIpc) is 3.04. The fourth-order valence-electron chi connectivity index (χ4n) is 5.65. The summed E-state index contributed by atoms with van der Waals surface area (Å²) in [5, 5.41) is 0. The molecule has 2 atom stereocenters. The molecule has 0 radical (unpaired) electrons.